The van der Waals surface area contributed by atoms with E-state index < -0.39 is 0 Å². The highest BCUT2D eigenvalue weighted by atomic mass is 16.5. The molecule has 1 atom stereocenters. The third-order valence-electron chi connectivity index (χ3n) is 2.87. The number of aromatic nitrogens is 2. The van der Waals surface area contributed by atoms with Gasteiger partial charge >= 0.3 is 0 Å². The average Bonchev–Trinajstić information content (AvgIpc) is 2.67. The molecule has 5 nitrogen and oxygen atoms in total. The van der Waals surface area contributed by atoms with Crippen LogP contribution in [0.15, 0.2) is 24.3 Å². The van der Waals surface area contributed by atoms with Gasteiger partial charge in [0.1, 0.15) is 11.5 Å². The molecule has 1 heterocycles. The van der Waals surface area contributed by atoms with Crippen LogP contribution in [0.2, 0.25) is 0 Å². The highest BCUT2D eigenvalue weighted by Crippen LogP contribution is 2.35. The number of methoxy groups -OCH3 is 1. The SMILES string of the molecule is COc1cccc(Oc2cc(C)nn2C)c1[C@@H](C)N. The molecule has 0 radical (unpaired) electrons. The number of ether oxygens (including phenoxy) is 2. The summed E-state index contributed by atoms with van der Waals surface area (Å²) in [4.78, 5) is 0. The fourth-order valence-corrected chi connectivity index (χ4v) is 2.03. The van der Waals surface area contributed by atoms with E-state index in [2.05, 4.69) is 5.10 Å². The molecule has 0 aliphatic heterocycles. The minimum absolute atomic E-state index is 0.180. The summed E-state index contributed by atoms with van der Waals surface area (Å²) in [6, 6.07) is 7.33. The Bertz CT molecular complexity index is 576. The lowest BCUT2D eigenvalue weighted by atomic mass is 10.1. The van der Waals surface area contributed by atoms with Crippen LogP contribution in [-0.4, -0.2) is 16.9 Å². The maximum absolute atomic E-state index is 6.01. The lowest BCUT2D eigenvalue weighted by molar-refractivity contribution is 0.389. The molecule has 0 amide bonds. The maximum atomic E-state index is 6.01. The fourth-order valence-electron chi connectivity index (χ4n) is 2.03. The van der Waals surface area contributed by atoms with Gasteiger partial charge in [-0.2, -0.15) is 5.10 Å². The average molecular weight is 261 g/mol. The first-order chi connectivity index (χ1) is 9.02. The first kappa shape index (κ1) is 13.4. The molecule has 2 rings (SSSR count). The second-order valence-electron chi connectivity index (χ2n) is 4.51. The van der Waals surface area contributed by atoms with Crippen molar-refractivity contribution >= 4 is 0 Å². The summed E-state index contributed by atoms with van der Waals surface area (Å²) in [5.74, 6) is 2.09. The van der Waals surface area contributed by atoms with Gasteiger partial charge in [-0.3, -0.25) is 0 Å². The first-order valence-electron chi connectivity index (χ1n) is 6.14. The molecule has 0 fully saturated rings. The molecule has 0 aliphatic carbocycles. The summed E-state index contributed by atoms with van der Waals surface area (Å²) in [6.07, 6.45) is 0. The summed E-state index contributed by atoms with van der Waals surface area (Å²) < 4.78 is 12.9. The van der Waals surface area contributed by atoms with E-state index in [9.17, 15) is 0 Å². The molecule has 102 valence electrons. The van der Waals surface area contributed by atoms with Gasteiger partial charge in [0.15, 0.2) is 0 Å². The number of hydrogen-bond donors (Lipinski definition) is 1. The third-order valence-corrected chi connectivity index (χ3v) is 2.87. The predicted octanol–water partition coefficient (Wildman–Crippen LogP) is 2.55. The minimum Gasteiger partial charge on any atom is -0.496 e. The van der Waals surface area contributed by atoms with Crippen molar-refractivity contribution in [3.8, 4) is 17.4 Å². The van der Waals surface area contributed by atoms with Gasteiger partial charge in [0.25, 0.3) is 0 Å². The number of benzene rings is 1. The smallest absolute Gasteiger partial charge is 0.217 e. The van der Waals surface area contributed by atoms with Crippen molar-refractivity contribution < 1.29 is 9.47 Å². The second-order valence-corrected chi connectivity index (χ2v) is 4.51. The van der Waals surface area contributed by atoms with E-state index in [0.29, 0.717) is 11.6 Å². The Morgan fingerprint density at radius 3 is 2.53 bits per heavy atom. The van der Waals surface area contributed by atoms with Crippen LogP contribution >= 0.6 is 0 Å². The van der Waals surface area contributed by atoms with E-state index >= 15 is 0 Å². The standard InChI is InChI=1S/C14H19N3O2/c1-9-8-13(17(3)16-9)19-12-7-5-6-11(18-4)14(12)10(2)15/h5-8,10H,15H2,1-4H3/t10-/m1/s1. The third kappa shape index (κ3) is 2.71. The molecule has 1 aromatic heterocycles. The molecule has 0 bridgehead atoms. The summed E-state index contributed by atoms with van der Waals surface area (Å²) in [6.45, 7) is 3.82. The van der Waals surface area contributed by atoms with Crippen molar-refractivity contribution in [2.24, 2.45) is 12.8 Å². The van der Waals surface area contributed by atoms with Crippen LogP contribution in [0.4, 0.5) is 0 Å². The van der Waals surface area contributed by atoms with Crippen LogP contribution in [-0.2, 0) is 7.05 Å². The minimum atomic E-state index is -0.180. The maximum Gasteiger partial charge on any atom is 0.217 e. The molecule has 5 heteroatoms. The Hall–Kier alpha value is -2.01. The summed E-state index contributed by atoms with van der Waals surface area (Å²) in [5.41, 5.74) is 7.76. The van der Waals surface area contributed by atoms with E-state index in [4.69, 9.17) is 15.2 Å². The van der Waals surface area contributed by atoms with Crippen LogP contribution in [0, 0.1) is 6.92 Å². The highest BCUT2D eigenvalue weighted by molar-refractivity contribution is 5.47. The lowest BCUT2D eigenvalue weighted by Gasteiger charge is -2.16. The topological polar surface area (TPSA) is 62.3 Å². The van der Waals surface area contributed by atoms with Crippen molar-refractivity contribution in [2.75, 3.05) is 7.11 Å². The Balaban J connectivity index is 2.42. The van der Waals surface area contributed by atoms with E-state index in [1.807, 2.05) is 45.2 Å². The van der Waals surface area contributed by atoms with Crippen molar-refractivity contribution in [1.29, 1.82) is 0 Å². The Kier molecular flexibility index (Phi) is 3.76. The molecule has 0 saturated heterocycles. The normalized spacial score (nSPS) is 12.3. The van der Waals surface area contributed by atoms with Crippen LogP contribution in [0.25, 0.3) is 0 Å². The van der Waals surface area contributed by atoms with E-state index in [0.717, 1.165) is 17.0 Å². The van der Waals surface area contributed by atoms with Gasteiger partial charge in [-0.1, -0.05) is 6.07 Å². The molecule has 2 N–H and O–H groups in total. The van der Waals surface area contributed by atoms with E-state index in [1.165, 1.54) is 0 Å². The monoisotopic (exact) mass is 261 g/mol. The summed E-state index contributed by atoms with van der Waals surface area (Å²) >= 11 is 0. The largest absolute Gasteiger partial charge is 0.496 e. The Morgan fingerprint density at radius 1 is 1.32 bits per heavy atom. The molecule has 1 aromatic carbocycles. The molecule has 2 aromatic rings. The molecule has 0 unspecified atom stereocenters. The quantitative estimate of drug-likeness (QED) is 0.918. The van der Waals surface area contributed by atoms with Gasteiger partial charge < -0.3 is 15.2 Å². The molecule has 0 spiro atoms. The van der Waals surface area contributed by atoms with Crippen molar-refractivity contribution in [1.82, 2.24) is 9.78 Å². The van der Waals surface area contributed by atoms with Crippen LogP contribution < -0.4 is 15.2 Å². The zero-order chi connectivity index (χ0) is 14.0. The van der Waals surface area contributed by atoms with Crippen LogP contribution in [0.3, 0.4) is 0 Å². The van der Waals surface area contributed by atoms with E-state index in [1.54, 1.807) is 11.8 Å². The summed E-state index contributed by atoms with van der Waals surface area (Å²) in [7, 11) is 3.47. The van der Waals surface area contributed by atoms with Gasteiger partial charge in [-0.05, 0) is 26.0 Å². The predicted molar refractivity (Wildman–Crippen MR) is 73.6 cm³/mol. The molecular formula is C14H19N3O2. The number of hydrogen-bond acceptors (Lipinski definition) is 4. The first-order valence-corrected chi connectivity index (χ1v) is 6.14. The van der Waals surface area contributed by atoms with Gasteiger partial charge in [0.05, 0.1) is 18.4 Å². The van der Waals surface area contributed by atoms with Gasteiger partial charge in [-0.25, -0.2) is 4.68 Å². The second kappa shape index (κ2) is 5.32. The fraction of sp³-hybridized carbons (Fsp3) is 0.357. The Labute approximate surface area is 112 Å². The zero-order valence-corrected chi connectivity index (χ0v) is 11.7. The van der Waals surface area contributed by atoms with E-state index in [-0.39, 0.29) is 6.04 Å². The number of rotatable bonds is 4. The zero-order valence-electron chi connectivity index (χ0n) is 11.7. The van der Waals surface area contributed by atoms with Crippen LogP contribution in [0.1, 0.15) is 24.2 Å². The van der Waals surface area contributed by atoms with Gasteiger partial charge in [0.2, 0.25) is 5.88 Å². The highest BCUT2D eigenvalue weighted by Gasteiger charge is 2.16. The van der Waals surface area contributed by atoms with Crippen LogP contribution in [0.5, 0.6) is 17.4 Å². The van der Waals surface area contributed by atoms with Crippen molar-refractivity contribution in [3.63, 3.8) is 0 Å². The molecule has 19 heavy (non-hydrogen) atoms. The lowest BCUT2D eigenvalue weighted by Crippen LogP contribution is -2.09. The molecule has 0 aliphatic rings. The number of nitrogens with two attached hydrogens (primary N) is 1. The summed E-state index contributed by atoms with van der Waals surface area (Å²) in [5, 5.41) is 4.25. The van der Waals surface area contributed by atoms with Crippen molar-refractivity contribution in [3.05, 3.63) is 35.5 Å². The van der Waals surface area contributed by atoms with Gasteiger partial charge in [-0.15, -0.1) is 0 Å². The van der Waals surface area contributed by atoms with Crippen molar-refractivity contribution in [2.45, 2.75) is 19.9 Å². The molecular weight excluding hydrogens is 242 g/mol. The number of nitrogens with zero attached hydrogens (tertiary/aromatic N) is 2. The Morgan fingerprint density at radius 2 is 2.00 bits per heavy atom. The van der Waals surface area contributed by atoms with Gasteiger partial charge in [0, 0.05) is 19.2 Å². The molecule has 0 saturated carbocycles. The number of aryl methyl sites for hydroxylation is 2.